The Labute approximate surface area is 107 Å². The molecule has 1 aromatic rings. The Morgan fingerprint density at radius 3 is 2.33 bits per heavy atom. The zero-order valence-corrected chi connectivity index (χ0v) is 10.3. The van der Waals surface area contributed by atoms with Crippen LogP contribution in [0.5, 0.6) is 0 Å². The van der Waals surface area contributed by atoms with E-state index in [0.717, 1.165) is 31.2 Å². The summed E-state index contributed by atoms with van der Waals surface area (Å²) in [6, 6.07) is 6.99. The summed E-state index contributed by atoms with van der Waals surface area (Å²) in [5.74, 6) is -0.0992. The molecule has 2 amide bonds. The van der Waals surface area contributed by atoms with E-state index in [1.165, 1.54) is 0 Å². The third-order valence-corrected chi connectivity index (χ3v) is 3.43. The first-order chi connectivity index (χ1) is 8.66. The summed E-state index contributed by atoms with van der Waals surface area (Å²) in [5, 5.41) is 2.93. The van der Waals surface area contributed by atoms with Crippen molar-refractivity contribution in [2.75, 3.05) is 0 Å². The van der Waals surface area contributed by atoms with Crippen LogP contribution in [0.15, 0.2) is 24.3 Å². The van der Waals surface area contributed by atoms with Gasteiger partial charge in [-0.2, -0.15) is 0 Å². The van der Waals surface area contributed by atoms with Crippen LogP contribution in [0, 0.1) is 5.92 Å². The second-order valence-corrected chi connectivity index (χ2v) is 4.76. The molecule has 1 aliphatic rings. The van der Waals surface area contributed by atoms with Crippen molar-refractivity contribution in [3.05, 3.63) is 35.4 Å². The molecule has 96 valence electrons. The Bertz CT molecular complexity index is 434. The third-order valence-electron chi connectivity index (χ3n) is 3.43. The van der Waals surface area contributed by atoms with Gasteiger partial charge in [0.15, 0.2) is 0 Å². The number of benzene rings is 1. The zero-order valence-electron chi connectivity index (χ0n) is 10.3. The van der Waals surface area contributed by atoms with Gasteiger partial charge in [-0.15, -0.1) is 0 Å². The molecule has 4 nitrogen and oxygen atoms in total. The normalized spacial score (nSPS) is 15.6. The van der Waals surface area contributed by atoms with E-state index in [1.54, 1.807) is 12.1 Å². The van der Waals surface area contributed by atoms with Crippen molar-refractivity contribution < 1.29 is 9.59 Å². The minimum Gasteiger partial charge on any atom is -0.366 e. The number of hydrogen-bond acceptors (Lipinski definition) is 2. The molecule has 0 spiro atoms. The zero-order chi connectivity index (χ0) is 13.0. The van der Waals surface area contributed by atoms with Crippen LogP contribution in [-0.2, 0) is 11.3 Å². The number of nitrogens with one attached hydrogen (secondary N) is 1. The highest BCUT2D eigenvalue weighted by molar-refractivity contribution is 5.92. The maximum absolute atomic E-state index is 11.8. The van der Waals surface area contributed by atoms with Gasteiger partial charge in [-0.1, -0.05) is 25.0 Å². The molecule has 4 heteroatoms. The van der Waals surface area contributed by atoms with Crippen molar-refractivity contribution in [3.63, 3.8) is 0 Å². The van der Waals surface area contributed by atoms with Crippen molar-refractivity contribution in [1.29, 1.82) is 0 Å². The SMILES string of the molecule is NC(=O)c1ccc(CNC(=O)C2CCCC2)cc1. The van der Waals surface area contributed by atoms with Gasteiger partial charge < -0.3 is 11.1 Å². The van der Waals surface area contributed by atoms with E-state index in [9.17, 15) is 9.59 Å². The summed E-state index contributed by atoms with van der Waals surface area (Å²) in [6.07, 6.45) is 4.33. The highest BCUT2D eigenvalue weighted by atomic mass is 16.2. The van der Waals surface area contributed by atoms with Crippen LogP contribution in [0.1, 0.15) is 41.6 Å². The first-order valence-corrected chi connectivity index (χ1v) is 6.33. The topological polar surface area (TPSA) is 72.2 Å². The highest BCUT2D eigenvalue weighted by Crippen LogP contribution is 2.24. The Morgan fingerprint density at radius 2 is 1.78 bits per heavy atom. The summed E-state index contributed by atoms with van der Waals surface area (Å²) in [7, 11) is 0. The van der Waals surface area contributed by atoms with E-state index < -0.39 is 5.91 Å². The summed E-state index contributed by atoms with van der Waals surface area (Å²) in [6.45, 7) is 0.508. The van der Waals surface area contributed by atoms with Crippen LogP contribution in [0.4, 0.5) is 0 Å². The maximum atomic E-state index is 11.8. The van der Waals surface area contributed by atoms with E-state index in [0.29, 0.717) is 12.1 Å². The minimum atomic E-state index is -0.434. The molecule has 0 aromatic heterocycles. The number of amides is 2. The van der Waals surface area contributed by atoms with Gasteiger partial charge in [0.25, 0.3) is 0 Å². The molecule has 0 unspecified atom stereocenters. The van der Waals surface area contributed by atoms with E-state index in [2.05, 4.69) is 5.32 Å². The van der Waals surface area contributed by atoms with Gasteiger partial charge >= 0.3 is 0 Å². The number of hydrogen-bond donors (Lipinski definition) is 2. The largest absolute Gasteiger partial charge is 0.366 e. The summed E-state index contributed by atoms with van der Waals surface area (Å²) < 4.78 is 0. The standard InChI is InChI=1S/C14H18N2O2/c15-13(17)11-7-5-10(6-8-11)9-16-14(18)12-3-1-2-4-12/h5-8,12H,1-4,9H2,(H2,15,17)(H,16,18). The average Bonchev–Trinajstić information content (AvgIpc) is 2.90. The van der Waals surface area contributed by atoms with Crippen LogP contribution in [0.2, 0.25) is 0 Å². The fourth-order valence-corrected chi connectivity index (χ4v) is 2.31. The van der Waals surface area contributed by atoms with Crippen LogP contribution < -0.4 is 11.1 Å². The maximum Gasteiger partial charge on any atom is 0.248 e. The van der Waals surface area contributed by atoms with Crippen LogP contribution >= 0.6 is 0 Å². The number of rotatable bonds is 4. The fourth-order valence-electron chi connectivity index (χ4n) is 2.31. The lowest BCUT2D eigenvalue weighted by atomic mass is 10.1. The van der Waals surface area contributed by atoms with E-state index >= 15 is 0 Å². The smallest absolute Gasteiger partial charge is 0.248 e. The summed E-state index contributed by atoms with van der Waals surface area (Å²) >= 11 is 0. The second-order valence-electron chi connectivity index (χ2n) is 4.76. The molecular weight excluding hydrogens is 228 g/mol. The summed E-state index contributed by atoms with van der Waals surface area (Å²) in [4.78, 5) is 22.7. The molecule has 0 atom stereocenters. The number of carbonyl (C=O) groups excluding carboxylic acids is 2. The predicted molar refractivity (Wildman–Crippen MR) is 68.8 cm³/mol. The van der Waals surface area contributed by atoms with Gasteiger partial charge in [0.2, 0.25) is 11.8 Å². The van der Waals surface area contributed by atoms with Crippen molar-refractivity contribution in [1.82, 2.24) is 5.32 Å². The Morgan fingerprint density at radius 1 is 1.17 bits per heavy atom. The summed E-state index contributed by atoms with van der Waals surface area (Å²) in [5.41, 5.74) is 6.63. The molecule has 0 bridgehead atoms. The average molecular weight is 246 g/mol. The van der Waals surface area contributed by atoms with Crippen LogP contribution in [0.3, 0.4) is 0 Å². The van der Waals surface area contributed by atoms with E-state index in [4.69, 9.17) is 5.73 Å². The Balaban J connectivity index is 1.86. The Kier molecular flexibility index (Phi) is 3.97. The molecule has 1 aliphatic carbocycles. The lowest BCUT2D eigenvalue weighted by molar-refractivity contribution is -0.124. The van der Waals surface area contributed by atoms with Crippen LogP contribution in [-0.4, -0.2) is 11.8 Å². The third kappa shape index (κ3) is 3.09. The van der Waals surface area contributed by atoms with Crippen molar-refractivity contribution in [2.24, 2.45) is 11.7 Å². The first kappa shape index (κ1) is 12.6. The van der Waals surface area contributed by atoms with Gasteiger partial charge in [0.1, 0.15) is 0 Å². The number of carbonyl (C=O) groups is 2. The molecule has 18 heavy (non-hydrogen) atoms. The van der Waals surface area contributed by atoms with Crippen molar-refractivity contribution in [3.8, 4) is 0 Å². The highest BCUT2D eigenvalue weighted by Gasteiger charge is 2.21. The molecular formula is C14H18N2O2. The number of nitrogens with two attached hydrogens (primary N) is 1. The molecule has 2 rings (SSSR count). The fraction of sp³-hybridized carbons (Fsp3) is 0.429. The molecule has 1 aromatic carbocycles. The molecule has 0 heterocycles. The van der Waals surface area contributed by atoms with E-state index in [1.807, 2.05) is 12.1 Å². The monoisotopic (exact) mass is 246 g/mol. The first-order valence-electron chi connectivity index (χ1n) is 6.33. The molecule has 0 aliphatic heterocycles. The molecule has 1 saturated carbocycles. The Hall–Kier alpha value is -1.84. The molecule has 1 fully saturated rings. The molecule has 0 saturated heterocycles. The van der Waals surface area contributed by atoms with Gasteiger partial charge in [0, 0.05) is 18.0 Å². The van der Waals surface area contributed by atoms with Gasteiger partial charge in [-0.05, 0) is 30.5 Å². The lowest BCUT2D eigenvalue weighted by Crippen LogP contribution is -2.28. The quantitative estimate of drug-likeness (QED) is 0.846. The van der Waals surface area contributed by atoms with Crippen LogP contribution in [0.25, 0.3) is 0 Å². The van der Waals surface area contributed by atoms with Gasteiger partial charge in [0.05, 0.1) is 0 Å². The number of primary amides is 1. The lowest BCUT2D eigenvalue weighted by Gasteiger charge is -2.10. The molecule has 3 N–H and O–H groups in total. The predicted octanol–water partition coefficient (Wildman–Crippen LogP) is 1.59. The second kappa shape index (κ2) is 5.67. The van der Waals surface area contributed by atoms with Crippen molar-refractivity contribution >= 4 is 11.8 Å². The minimum absolute atomic E-state index is 0.145. The van der Waals surface area contributed by atoms with Crippen molar-refractivity contribution in [2.45, 2.75) is 32.2 Å². The molecule has 0 radical (unpaired) electrons. The van der Waals surface area contributed by atoms with Gasteiger partial charge in [-0.3, -0.25) is 9.59 Å². The van der Waals surface area contributed by atoms with E-state index in [-0.39, 0.29) is 11.8 Å². The van der Waals surface area contributed by atoms with Gasteiger partial charge in [-0.25, -0.2) is 0 Å².